The van der Waals surface area contributed by atoms with Crippen LogP contribution in [0.2, 0.25) is 13.1 Å². The number of rotatable bonds is 7. The predicted octanol–water partition coefficient (Wildman–Crippen LogP) is 5.87. The van der Waals surface area contributed by atoms with Crippen LogP contribution in [0.3, 0.4) is 0 Å². The standard InChI is InChI=1S/C27H28O2Si/c1-29-27(28)25(21-13-16-22-14-7-4-8-15-22)26(23-17-9-5-10-18-23)30(2,3)24-19-11-6-12-20-24/h4-20H,21H2,1-3H3/b16-13+,26-25-. The van der Waals surface area contributed by atoms with Crippen LogP contribution >= 0.6 is 0 Å². The Hall–Kier alpha value is -3.17. The van der Waals surface area contributed by atoms with E-state index < -0.39 is 8.07 Å². The molecule has 0 fully saturated rings. The van der Waals surface area contributed by atoms with Gasteiger partial charge in [0, 0.05) is 5.57 Å². The van der Waals surface area contributed by atoms with Crippen molar-refractivity contribution >= 4 is 30.5 Å². The zero-order valence-electron chi connectivity index (χ0n) is 17.8. The molecule has 0 saturated heterocycles. The molecule has 2 nitrogen and oxygen atoms in total. The van der Waals surface area contributed by atoms with E-state index in [0.717, 1.165) is 21.9 Å². The van der Waals surface area contributed by atoms with Crippen molar-refractivity contribution in [2.75, 3.05) is 7.11 Å². The van der Waals surface area contributed by atoms with Crippen molar-refractivity contribution in [3.8, 4) is 0 Å². The minimum Gasteiger partial charge on any atom is -0.466 e. The topological polar surface area (TPSA) is 26.3 Å². The Morgan fingerprint density at radius 1 is 0.833 bits per heavy atom. The second-order valence-electron chi connectivity index (χ2n) is 7.72. The summed E-state index contributed by atoms with van der Waals surface area (Å²) in [6.45, 7) is 4.60. The van der Waals surface area contributed by atoms with E-state index in [2.05, 4.69) is 73.8 Å². The van der Waals surface area contributed by atoms with E-state index in [1.165, 1.54) is 12.3 Å². The lowest BCUT2D eigenvalue weighted by Gasteiger charge is -2.29. The highest BCUT2D eigenvalue weighted by molar-refractivity contribution is 7.05. The Morgan fingerprint density at radius 3 is 1.93 bits per heavy atom. The van der Waals surface area contributed by atoms with Crippen LogP contribution in [0.25, 0.3) is 11.3 Å². The summed E-state index contributed by atoms with van der Waals surface area (Å²) in [6.07, 6.45) is 4.64. The van der Waals surface area contributed by atoms with E-state index in [-0.39, 0.29) is 5.97 Å². The summed E-state index contributed by atoms with van der Waals surface area (Å²) in [5.41, 5.74) is 2.94. The van der Waals surface area contributed by atoms with Crippen molar-refractivity contribution in [3.63, 3.8) is 0 Å². The summed E-state index contributed by atoms with van der Waals surface area (Å²) in [4.78, 5) is 13.0. The van der Waals surface area contributed by atoms with Gasteiger partial charge in [-0.2, -0.15) is 0 Å². The second kappa shape index (κ2) is 10.0. The lowest BCUT2D eigenvalue weighted by Crippen LogP contribution is -2.44. The monoisotopic (exact) mass is 412 g/mol. The van der Waals surface area contributed by atoms with Crippen LogP contribution in [0.4, 0.5) is 0 Å². The number of hydrogen-bond donors (Lipinski definition) is 0. The van der Waals surface area contributed by atoms with Gasteiger partial charge in [-0.05, 0) is 22.7 Å². The van der Waals surface area contributed by atoms with Gasteiger partial charge in [0.25, 0.3) is 0 Å². The molecule has 0 amide bonds. The third kappa shape index (κ3) is 5.05. The second-order valence-corrected chi connectivity index (χ2v) is 12.0. The Morgan fingerprint density at radius 2 is 1.37 bits per heavy atom. The fraction of sp³-hybridized carbons (Fsp3) is 0.148. The van der Waals surface area contributed by atoms with E-state index in [0.29, 0.717) is 6.42 Å². The molecule has 3 heteroatoms. The molecular formula is C27H28O2Si. The van der Waals surface area contributed by atoms with Crippen LogP contribution in [0, 0.1) is 0 Å². The number of hydrogen-bond acceptors (Lipinski definition) is 2. The zero-order chi connectivity index (χ0) is 21.4. The van der Waals surface area contributed by atoms with Crippen molar-refractivity contribution in [1.29, 1.82) is 0 Å². The third-order valence-corrected chi connectivity index (χ3v) is 8.97. The normalized spacial score (nSPS) is 12.5. The summed E-state index contributed by atoms with van der Waals surface area (Å²) < 4.78 is 5.24. The first-order valence-electron chi connectivity index (χ1n) is 10.2. The Labute approximate surface area is 180 Å². The maximum atomic E-state index is 13.0. The summed E-state index contributed by atoms with van der Waals surface area (Å²) in [7, 11) is -0.715. The Kier molecular flexibility index (Phi) is 7.20. The molecule has 152 valence electrons. The van der Waals surface area contributed by atoms with Crippen LogP contribution in [0.1, 0.15) is 17.5 Å². The summed E-state index contributed by atoms with van der Waals surface area (Å²) in [5, 5.41) is 2.41. The van der Waals surface area contributed by atoms with Gasteiger partial charge in [0.2, 0.25) is 0 Å². The molecule has 0 bridgehead atoms. The number of carbonyl (C=O) groups is 1. The number of methoxy groups -OCH3 is 1. The van der Waals surface area contributed by atoms with E-state index >= 15 is 0 Å². The van der Waals surface area contributed by atoms with Crippen molar-refractivity contribution in [3.05, 3.63) is 114 Å². The van der Waals surface area contributed by atoms with Gasteiger partial charge in [0.05, 0.1) is 7.11 Å². The number of allylic oxidation sites excluding steroid dienone is 1. The fourth-order valence-electron chi connectivity index (χ4n) is 3.80. The average molecular weight is 413 g/mol. The lowest BCUT2D eigenvalue weighted by molar-refractivity contribution is -0.136. The highest BCUT2D eigenvalue weighted by Crippen LogP contribution is 2.31. The minimum atomic E-state index is -2.18. The van der Waals surface area contributed by atoms with Gasteiger partial charge in [-0.3, -0.25) is 0 Å². The summed E-state index contributed by atoms with van der Waals surface area (Å²) in [5.74, 6) is -0.261. The van der Waals surface area contributed by atoms with Crippen molar-refractivity contribution in [1.82, 2.24) is 0 Å². The molecule has 30 heavy (non-hydrogen) atoms. The molecule has 0 aliphatic rings. The van der Waals surface area contributed by atoms with Crippen LogP contribution in [-0.4, -0.2) is 21.2 Å². The van der Waals surface area contributed by atoms with E-state index in [1.807, 2.05) is 42.5 Å². The van der Waals surface area contributed by atoms with E-state index in [4.69, 9.17) is 4.74 Å². The van der Waals surface area contributed by atoms with Crippen LogP contribution in [0.5, 0.6) is 0 Å². The smallest absolute Gasteiger partial charge is 0.333 e. The molecule has 3 aromatic rings. The predicted molar refractivity (Wildman–Crippen MR) is 129 cm³/mol. The van der Waals surface area contributed by atoms with Gasteiger partial charge < -0.3 is 4.74 Å². The first kappa shape index (κ1) is 21.5. The maximum Gasteiger partial charge on any atom is 0.333 e. The molecule has 0 spiro atoms. The quantitative estimate of drug-likeness (QED) is 0.275. The Balaban J connectivity index is 2.14. The first-order valence-corrected chi connectivity index (χ1v) is 13.2. The molecule has 3 rings (SSSR count). The number of carbonyl (C=O) groups excluding carboxylic acids is 1. The molecule has 0 aliphatic carbocycles. The summed E-state index contributed by atoms with van der Waals surface area (Å²) in [6, 6.07) is 30.9. The molecule has 0 saturated carbocycles. The van der Waals surface area contributed by atoms with Gasteiger partial charge in [-0.25, -0.2) is 4.79 Å². The van der Waals surface area contributed by atoms with E-state index in [9.17, 15) is 4.79 Å². The Bertz CT molecular complexity index is 1020. The lowest BCUT2D eigenvalue weighted by atomic mass is 10.1. The first-order chi connectivity index (χ1) is 14.5. The highest BCUT2D eigenvalue weighted by atomic mass is 28.3. The highest BCUT2D eigenvalue weighted by Gasteiger charge is 2.33. The zero-order valence-corrected chi connectivity index (χ0v) is 18.8. The molecule has 3 aromatic carbocycles. The van der Waals surface area contributed by atoms with Crippen molar-refractivity contribution < 1.29 is 9.53 Å². The molecular weight excluding hydrogens is 384 g/mol. The average Bonchev–Trinajstić information content (AvgIpc) is 2.79. The molecule has 0 aliphatic heterocycles. The molecule has 0 radical (unpaired) electrons. The number of ether oxygens (including phenoxy) is 1. The summed E-state index contributed by atoms with van der Waals surface area (Å²) >= 11 is 0. The largest absolute Gasteiger partial charge is 0.466 e. The molecule has 0 unspecified atom stereocenters. The molecule has 0 atom stereocenters. The van der Waals surface area contributed by atoms with Crippen molar-refractivity contribution in [2.24, 2.45) is 0 Å². The number of benzene rings is 3. The van der Waals surface area contributed by atoms with Gasteiger partial charge in [-0.15, -0.1) is 0 Å². The third-order valence-electron chi connectivity index (χ3n) is 5.35. The molecule has 0 heterocycles. The SMILES string of the molecule is COC(=O)/C(C/C=C/c1ccccc1)=C(/c1ccccc1)[Si](C)(C)c1ccccc1. The van der Waals surface area contributed by atoms with Gasteiger partial charge in [0.1, 0.15) is 8.07 Å². The van der Waals surface area contributed by atoms with Crippen LogP contribution < -0.4 is 5.19 Å². The maximum absolute atomic E-state index is 13.0. The van der Waals surface area contributed by atoms with Crippen molar-refractivity contribution in [2.45, 2.75) is 19.5 Å². The molecule has 0 aromatic heterocycles. The van der Waals surface area contributed by atoms with Gasteiger partial charge in [-0.1, -0.05) is 121 Å². The van der Waals surface area contributed by atoms with Gasteiger partial charge in [0.15, 0.2) is 0 Å². The van der Waals surface area contributed by atoms with Crippen LogP contribution in [-0.2, 0) is 9.53 Å². The van der Waals surface area contributed by atoms with Gasteiger partial charge >= 0.3 is 5.97 Å². The minimum absolute atomic E-state index is 0.261. The molecule has 0 N–H and O–H groups in total. The van der Waals surface area contributed by atoms with E-state index in [1.54, 1.807) is 0 Å². The van der Waals surface area contributed by atoms with Crippen LogP contribution in [0.15, 0.2) is 103 Å². The number of esters is 1. The fourth-order valence-corrected chi connectivity index (χ4v) is 6.97.